The van der Waals surface area contributed by atoms with Gasteiger partial charge in [-0.05, 0) is 18.2 Å². The number of benzene rings is 1. The molecule has 3 rings (SSSR count). The second-order valence-corrected chi connectivity index (χ2v) is 5.90. The summed E-state index contributed by atoms with van der Waals surface area (Å²) in [6.45, 7) is 0.374. The quantitative estimate of drug-likeness (QED) is 0.751. The van der Waals surface area contributed by atoms with Gasteiger partial charge in [-0.2, -0.15) is 10.4 Å². The van der Waals surface area contributed by atoms with E-state index in [4.69, 9.17) is 10.5 Å². The van der Waals surface area contributed by atoms with E-state index in [0.29, 0.717) is 35.1 Å². The average molecular weight is 349 g/mol. The summed E-state index contributed by atoms with van der Waals surface area (Å²) in [5, 5.41) is 13.6. The van der Waals surface area contributed by atoms with Crippen LogP contribution in [0.4, 0.5) is 5.82 Å². The lowest BCUT2D eigenvalue weighted by Gasteiger charge is -2.11. The number of hydrogen-bond donors (Lipinski definition) is 1. The molecule has 0 aliphatic rings. The molecule has 26 heavy (non-hydrogen) atoms. The molecule has 0 aliphatic heterocycles. The third-order valence-electron chi connectivity index (χ3n) is 3.79. The summed E-state index contributed by atoms with van der Waals surface area (Å²) in [5.41, 5.74) is 7.60. The van der Waals surface area contributed by atoms with Gasteiger partial charge in [0.2, 0.25) is 5.88 Å². The van der Waals surface area contributed by atoms with Crippen LogP contribution < -0.4 is 15.4 Å². The first-order valence-electron chi connectivity index (χ1n) is 7.96. The Kier molecular flexibility index (Phi) is 4.82. The normalized spacial score (nSPS) is 10.4. The summed E-state index contributed by atoms with van der Waals surface area (Å²) in [7, 11) is 5.60. The lowest BCUT2D eigenvalue weighted by atomic mass is 10.1. The van der Waals surface area contributed by atoms with Gasteiger partial charge < -0.3 is 15.4 Å². The summed E-state index contributed by atoms with van der Waals surface area (Å²) in [4.78, 5) is 10.6. The molecule has 132 valence electrons. The number of ether oxygens (including phenoxy) is 1. The van der Waals surface area contributed by atoms with Crippen LogP contribution in [-0.4, -0.2) is 33.8 Å². The molecule has 2 N–H and O–H groups in total. The van der Waals surface area contributed by atoms with Crippen molar-refractivity contribution in [2.75, 3.05) is 19.0 Å². The van der Waals surface area contributed by atoms with E-state index < -0.39 is 0 Å². The van der Waals surface area contributed by atoms with Crippen molar-refractivity contribution >= 4 is 5.82 Å². The van der Waals surface area contributed by atoms with E-state index >= 15 is 0 Å². The highest BCUT2D eigenvalue weighted by Gasteiger charge is 2.15. The van der Waals surface area contributed by atoms with Crippen LogP contribution in [-0.2, 0) is 13.6 Å². The molecule has 0 bridgehead atoms. The Morgan fingerprint density at radius 2 is 1.96 bits per heavy atom. The fraction of sp³-hybridized carbons (Fsp3) is 0.222. The van der Waals surface area contributed by atoms with Gasteiger partial charge in [0, 0.05) is 51.7 Å². The summed E-state index contributed by atoms with van der Waals surface area (Å²) in [6, 6.07) is 9.08. The number of nitrogens with two attached hydrogens (primary N) is 1. The highest BCUT2D eigenvalue weighted by molar-refractivity contribution is 5.66. The molecule has 8 heteroatoms. The molecule has 0 radical (unpaired) electrons. The molecule has 0 saturated heterocycles. The molecule has 0 saturated carbocycles. The lowest BCUT2D eigenvalue weighted by Crippen LogP contribution is -2.09. The van der Waals surface area contributed by atoms with Crippen LogP contribution in [0.3, 0.4) is 0 Å². The van der Waals surface area contributed by atoms with Gasteiger partial charge in [0.15, 0.2) is 11.6 Å². The third-order valence-corrected chi connectivity index (χ3v) is 3.79. The van der Waals surface area contributed by atoms with Gasteiger partial charge >= 0.3 is 0 Å². The molecule has 0 aliphatic carbocycles. The number of hydrogen-bond acceptors (Lipinski definition) is 7. The Morgan fingerprint density at radius 1 is 1.23 bits per heavy atom. The van der Waals surface area contributed by atoms with Gasteiger partial charge in [-0.1, -0.05) is 0 Å². The molecule has 1 aromatic carbocycles. The molecule has 8 nitrogen and oxygen atoms in total. The summed E-state index contributed by atoms with van der Waals surface area (Å²) >= 11 is 0. The van der Waals surface area contributed by atoms with E-state index in [9.17, 15) is 5.26 Å². The van der Waals surface area contributed by atoms with Crippen LogP contribution in [0.25, 0.3) is 11.4 Å². The summed E-state index contributed by atoms with van der Waals surface area (Å²) in [6.07, 6.45) is 3.36. The largest absolute Gasteiger partial charge is 0.438 e. The van der Waals surface area contributed by atoms with Crippen molar-refractivity contribution in [1.29, 1.82) is 5.26 Å². The van der Waals surface area contributed by atoms with Crippen LogP contribution in [0.5, 0.6) is 11.6 Å². The van der Waals surface area contributed by atoms with E-state index in [1.54, 1.807) is 42.3 Å². The second-order valence-electron chi connectivity index (χ2n) is 5.90. The number of aryl methyl sites for hydroxylation is 1. The Bertz CT molecular complexity index is 955. The van der Waals surface area contributed by atoms with Crippen molar-refractivity contribution in [3.63, 3.8) is 0 Å². The number of nitrogens with zero attached hydrogens (tertiary/aromatic N) is 6. The maximum Gasteiger partial charge on any atom is 0.219 e. The zero-order valence-electron chi connectivity index (χ0n) is 14.8. The standard InChI is InChI=1S/C18H19N7O/c1-24(2)16-7-17(25(3)23-16)26-15-6-12(8-19)4-5-14(15)18-21-10-13(9-20)11-22-18/h4-7,10-11H,9,20H2,1-3H3. The molecule has 2 heterocycles. The molecule has 2 aromatic heterocycles. The minimum absolute atomic E-state index is 0.374. The van der Waals surface area contributed by atoms with Gasteiger partial charge in [0.05, 0.1) is 17.2 Å². The van der Waals surface area contributed by atoms with Gasteiger partial charge in [-0.25, -0.2) is 14.6 Å². The van der Waals surface area contributed by atoms with E-state index in [1.165, 1.54) is 0 Å². The van der Waals surface area contributed by atoms with E-state index in [1.807, 2.05) is 25.1 Å². The number of aromatic nitrogens is 4. The third kappa shape index (κ3) is 3.48. The van der Waals surface area contributed by atoms with E-state index in [2.05, 4.69) is 21.1 Å². The predicted molar refractivity (Wildman–Crippen MR) is 97.7 cm³/mol. The SMILES string of the molecule is CN(C)c1cc(Oc2cc(C#N)ccc2-c2ncc(CN)cn2)n(C)n1. The maximum absolute atomic E-state index is 9.21. The van der Waals surface area contributed by atoms with Crippen LogP contribution >= 0.6 is 0 Å². The minimum atomic E-state index is 0.374. The second kappa shape index (κ2) is 7.21. The van der Waals surface area contributed by atoms with Crippen molar-refractivity contribution in [3.05, 3.63) is 47.8 Å². The maximum atomic E-state index is 9.21. The van der Waals surface area contributed by atoms with Crippen LogP contribution in [0.15, 0.2) is 36.7 Å². The monoisotopic (exact) mass is 349 g/mol. The topological polar surface area (TPSA) is 106 Å². The van der Waals surface area contributed by atoms with Gasteiger partial charge in [-0.3, -0.25) is 0 Å². The van der Waals surface area contributed by atoms with Crippen molar-refractivity contribution in [2.45, 2.75) is 6.54 Å². The van der Waals surface area contributed by atoms with Crippen LogP contribution in [0, 0.1) is 11.3 Å². The smallest absolute Gasteiger partial charge is 0.219 e. The Hall–Kier alpha value is -3.44. The van der Waals surface area contributed by atoms with E-state index in [0.717, 1.165) is 11.4 Å². The molecule has 0 amide bonds. The number of anilines is 1. The van der Waals surface area contributed by atoms with Crippen molar-refractivity contribution in [1.82, 2.24) is 19.7 Å². The van der Waals surface area contributed by atoms with E-state index in [-0.39, 0.29) is 0 Å². The Morgan fingerprint density at radius 3 is 2.54 bits per heavy atom. The van der Waals surface area contributed by atoms with Crippen molar-refractivity contribution < 1.29 is 4.74 Å². The fourth-order valence-corrected chi connectivity index (χ4v) is 2.32. The summed E-state index contributed by atoms with van der Waals surface area (Å²) in [5.74, 6) is 2.29. The first kappa shape index (κ1) is 17.4. The van der Waals surface area contributed by atoms with Crippen LogP contribution in [0.1, 0.15) is 11.1 Å². The van der Waals surface area contributed by atoms with Gasteiger partial charge in [0.25, 0.3) is 0 Å². The highest BCUT2D eigenvalue weighted by Crippen LogP contribution is 2.33. The Balaban J connectivity index is 2.03. The molecule has 0 unspecified atom stereocenters. The molecular formula is C18H19N7O. The minimum Gasteiger partial charge on any atom is -0.438 e. The van der Waals surface area contributed by atoms with Crippen molar-refractivity contribution in [3.8, 4) is 29.1 Å². The molecular weight excluding hydrogens is 330 g/mol. The zero-order chi connectivity index (χ0) is 18.7. The molecule has 0 spiro atoms. The molecule has 0 atom stereocenters. The van der Waals surface area contributed by atoms with Crippen LogP contribution in [0.2, 0.25) is 0 Å². The van der Waals surface area contributed by atoms with Gasteiger partial charge in [-0.15, -0.1) is 0 Å². The predicted octanol–water partition coefficient (Wildman–Crippen LogP) is 2.07. The summed E-state index contributed by atoms with van der Waals surface area (Å²) < 4.78 is 7.68. The molecule has 3 aromatic rings. The first-order valence-corrected chi connectivity index (χ1v) is 7.96. The Labute approximate surface area is 151 Å². The molecule has 0 fully saturated rings. The zero-order valence-corrected chi connectivity index (χ0v) is 14.8. The number of nitriles is 1. The fourth-order valence-electron chi connectivity index (χ4n) is 2.32. The lowest BCUT2D eigenvalue weighted by molar-refractivity contribution is 0.432. The van der Waals surface area contributed by atoms with Gasteiger partial charge in [0.1, 0.15) is 5.75 Å². The average Bonchev–Trinajstić information content (AvgIpc) is 3.02. The highest BCUT2D eigenvalue weighted by atomic mass is 16.5. The first-order chi connectivity index (χ1) is 12.5. The van der Waals surface area contributed by atoms with Crippen molar-refractivity contribution in [2.24, 2.45) is 12.8 Å². The number of rotatable bonds is 5.